The average molecular weight is 305 g/mol. The van der Waals surface area contributed by atoms with Gasteiger partial charge in [0, 0.05) is 5.56 Å². The smallest absolute Gasteiger partial charge is 0.258 e. The molecule has 0 aliphatic heterocycles. The lowest BCUT2D eigenvalue weighted by Gasteiger charge is -2.06. The van der Waals surface area contributed by atoms with Crippen molar-refractivity contribution in [1.29, 1.82) is 0 Å². The van der Waals surface area contributed by atoms with Crippen LogP contribution in [0, 0.1) is 12.3 Å². The lowest BCUT2D eigenvalue weighted by molar-refractivity contribution is 0.102. The number of anilines is 1. The van der Waals surface area contributed by atoms with Crippen LogP contribution in [0.4, 0.5) is 5.95 Å². The largest absolute Gasteiger partial charge is 0.291 e. The van der Waals surface area contributed by atoms with Crippen LogP contribution < -0.4 is 10.0 Å². The molecule has 0 atom stereocenters. The molecule has 2 aromatic rings. The van der Waals surface area contributed by atoms with Crippen molar-refractivity contribution in [2.24, 2.45) is 0 Å². The SMILES string of the molecule is C#CCNS(=O)(=O)c1cccc(C(=O)Nc2ncn[nH]2)c1. The summed E-state index contributed by atoms with van der Waals surface area (Å²) in [6.45, 7) is -0.128. The van der Waals surface area contributed by atoms with Crippen LogP contribution in [0.25, 0.3) is 0 Å². The Labute approximate surface area is 121 Å². The Morgan fingerprint density at radius 1 is 1.43 bits per heavy atom. The van der Waals surface area contributed by atoms with Gasteiger partial charge in [0.05, 0.1) is 11.4 Å². The molecule has 1 aromatic heterocycles. The summed E-state index contributed by atoms with van der Waals surface area (Å²) in [6.07, 6.45) is 6.25. The van der Waals surface area contributed by atoms with Gasteiger partial charge in [-0.05, 0) is 18.2 Å². The van der Waals surface area contributed by atoms with Crippen LogP contribution in [-0.4, -0.2) is 36.1 Å². The highest BCUT2D eigenvalue weighted by molar-refractivity contribution is 7.89. The van der Waals surface area contributed by atoms with E-state index in [4.69, 9.17) is 6.42 Å². The van der Waals surface area contributed by atoms with Crippen molar-refractivity contribution in [2.75, 3.05) is 11.9 Å². The molecule has 2 rings (SSSR count). The molecular formula is C12H11N5O3S. The van der Waals surface area contributed by atoms with E-state index in [1.807, 2.05) is 0 Å². The van der Waals surface area contributed by atoms with Crippen molar-refractivity contribution in [2.45, 2.75) is 4.90 Å². The molecule has 0 unspecified atom stereocenters. The number of carbonyl (C=O) groups excluding carboxylic acids is 1. The molecule has 0 saturated heterocycles. The predicted octanol–water partition coefficient (Wildman–Crippen LogP) is -0.0315. The van der Waals surface area contributed by atoms with E-state index in [9.17, 15) is 13.2 Å². The highest BCUT2D eigenvalue weighted by Crippen LogP contribution is 2.12. The van der Waals surface area contributed by atoms with Crippen molar-refractivity contribution >= 4 is 21.9 Å². The molecule has 1 amide bonds. The summed E-state index contributed by atoms with van der Waals surface area (Å²) in [5, 5.41) is 8.49. The van der Waals surface area contributed by atoms with Gasteiger partial charge in [-0.3, -0.25) is 10.1 Å². The second-order valence-corrected chi connectivity index (χ2v) is 5.61. The molecule has 0 aliphatic carbocycles. The molecule has 0 spiro atoms. The third kappa shape index (κ3) is 3.65. The molecule has 0 saturated carbocycles. The van der Waals surface area contributed by atoms with Crippen molar-refractivity contribution in [1.82, 2.24) is 19.9 Å². The second kappa shape index (κ2) is 6.17. The van der Waals surface area contributed by atoms with Crippen LogP contribution in [0.15, 0.2) is 35.5 Å². The van der Waals surface area contributed by atoms with E-state index in [1.54, 1.807) is 0 Å². The predicted molar refractivity (Wildman–Crippen MR) is 74.8 cm³/mol. The highest BCUT2D eigenvalue weighted by Gasteiger charge is 2.16. The number of benzene rings is 1. The van der Waals surface area contributed by atoms with E-state index in [-0.39, 0.29) is 23.0 Å². The first-order valence-electron chi connectivity index (χ1n) is 5.73. The van der Waals surface area contributed by atoms with Crippen molar-refractivity contribution in [3.05, 3.63) is 36.2 Å². The lowest BCUT2D eigenvalue weighted by Crippen LogP contribution is -2.24. The first-order chi connectivity index (χ1) is 10.0. The van der Waals surface area contributed by atoms with Crippen LogP contribution in [-0.2, 0) is 10.0 Å². The second-order valence-electron chi connectivity index (χ2n) is 3.84. The summed E-state index contributed by atoms with van der Waals surface area (Å²) in [5.41, 5.74) is 0.162. The van der Waals surface area contributed by atoms with Gasteiger partial charge in [0.1, 0.15) is 6.33 Å². The van der Waals surface area contributed by atoms with E-state index in [2.05, 4.69) is 31.1 Å². The molecule has 0 radical (unpaired) electrons. The number of hydrogen-bond donors (Lipinski definition) is 3. The Bertz CT molecular complexity index is 777. The summed E-state index contributed by atoms with van der Waals surface area (Å²) in [7, 11) is -3.75. The minimum Gasteiger partial charge on any atom is -0.291 e. The summed E-state index contributed by atoms with van der Waals surface area (Å²) >= 11 is 0. The van der Waals surface area contributed by atoms with Crippen LogP contribution >= 0.6 is 0 Å². The number of terminal acetylenes is 1. The molecule has 21 heavy (non-hydrogen) atoms. The number of rotatable bonds is 5. The minimum atomic E-state index is -3.75. The first-order valence-corrected chi connectivity index (χ1v) is 7.21. The maximum absolute atomic E-state index is 12.0. The van der Waals surface area contributed by atoms with E-state index >= 15 is 0 Å². The van der Waals surface area contributed by atoms with Crippen LogP contribution in [0.1, 0.15) is 10.4 Å². The van der Waals surface area contributed by atoms with E-state index in [1.165, 1.54) is 30.6 Å². The Morgan fingerprint density at radius 3 is 2.90 bits per heavy atom. The van der Waals surface area contributed by atoms with Gasteiger partial charge in [-0.15, -0.1) is 6.42 Å². The summed E-state index contributed by atoms with van der Waals surface area (Å²) in [5.74, 6) is 1.82. The Kier molecular flexibility index (Phi) is 4.32. The third-order valence-corrected chi connectivity index (χ3v) is 3.82. The van der Waals surface area contributed by atoms with Gasteiger partial charge < -0.3 is 0 Å². The van der Waals surface area contributed by atoms with Crippen molar-refractivity contribution in [3.63, 3.8) is 0 Å². The molecular weight excluding hydrogens is 294 g/mol. The third-order valence-electron chi connectivity index (χ3n) is 2.42. The van der Waals surface area contributed by atoms with E-state index in [0.29, 0.717) is 0 Å². The molecule has 1 heterocycles. The molecule has 0 aliphatic rings. The topological polar surface area (TPSA) is 117 Å². The molecule has 3 N–H and O–H groups in total. The number of sulfonamides is 1. The van der Waals surface area contributed by atoms with E-state index < -0.39 is 15.9 Å². The fourth-order valence-corrected chi connectivity index (χ4v) is 2.45. The number of amides is 1. The number of aromatic nitrogens is 3. The van der Waals surface area contributed by atoms with Crippen molar-refractivity contribution < 1.29 is 13.2 Å². The van der Waals surface area contributed by atoms with Gasteiger partial charge in [-0.25, -0.2) is 13.5 Å². The van der Waals surface area contributed by atoms with Crippen LogP contribution in [0.3, 0.4) is 0 Å². The minimum absolute atomic E-state index is 0.0528. The lowest BCUT2D eigenvalue weighted by atomic mass is 10.2. The fraction of sp³-hybridized carbons (Fsp3) is 0.0833. The molecule has 0 bridgehead atoms. The fourth-order valence-electron chi connectivity index (χ4n) is 1.47. The van der Waals surface area contributed by atoms with Gasteiger partial charge in [0.15, 0.2) is 0 Å². The normalized spacial score (nSPS) is 10.8. The number of carbonyl (C=O) groups is 1. The number of nitrogens with zero attached hydrogens (tertiary/aromatic N) is 2. The quantitative estimate of drug-likeness (QED) is 0.671. The van der Waals surface area contributed by atoms with Crippen LogP contribution in [0.5, 0.6) is 0 Å². The van der Waals surface area contributed by atoms with Crippen LogP contribution in [0.2, 0.25) is 0 Å². The number of nitrogens with one attached hydrogen (secondary N) is 3. The first kappa shape index (κ1) is 14.7. The molecule has 8 nitrogen and oxygen atoms in total. The summed E-state index contributed by atoms with van der Waals surface area (Å²) in [4.78, 5) is 15.6. The standard InChI is InChI=1S/C12H11N5O3S/c1-2-6-15-21(19,20)10-5-3-4-9(7-10)11(18)16-12-13-8-14-17-12/h1,3-5,7-8,15H,6H2,(H2,13,14,16,17,18). The number of H-pyrrole nitrogens is 1. The van der Waals surface area contributed by atoms with Crippen molar-refractivity contribution in [3.8, 4) is 12.3 Å². The Hall–Kier alpha value is -2.70. The maximum Gasteiger partial charge on any atom is 0.258 e. The zero-order valence-corrected chi connectivity index (χ0v) is 11.5. The number of hydrogen-bond acceptors (Lipinski definition) is 5. The molecule has 9 heteroatoms. The summed E-state index contributed by atoms with van der Waals surface area (Å²) in [6, 6.07) is 5.54. The zero-order valence-electron chi connectivity index (χ0n) is 10.7. The van der Waals surface area contributed by atoms with E-state index in [0.717, 1.165) is 0 Å². The Balaban J connectivity index is 2.21. The molecule has 108 valence electrons. The number of aromatic amines is 1. The molecule has 1 aromatic carbocycles. The average Bonchev–Trinajstić information content (AvgIpc) is 2.98. The van der Waals surface area contributed by atoms with Gasteiger partial charge in [0.25, 0.3) is 5.91 Å². The van der Waals surface area contributed by atoms with Gasteiger partial charge in [-0.1, -0.05) is 12.0 Å². The highest BCUT2D eigenvalue weighted by atomic mass is 32.2. The van der Waals surface area contributed by atoms with Gasteiger partial charge in [-0.2, -0.15) is 14.8 Å². The molecule has 0 fully saturated rings. The zero-order chi connectivity index (χ0) is 15.3. The van der Waals surface area contributed by atoms with Gasteiger partial charge in [0.2, 0.25) is 16.0 Å². The maximum atomic E-state index is 12.0. The van der Waals surface area contributed by atoms with Gasteiger partial charge >= 0.3 is 0 Å². The Morgan fingerprint density at radius 2 is 2.24 bits per heavy atom. The summed E-state index contributed by atoms with van der Waals surface area (Å²) < 4.78 is 26.0. The monoisotopic (exact) mass is 305 g/mol.